The lowest BCUT2D eigenvalue weighted by atomic mass is 9.86. The summed E-state index contributed by atoms with van der Waals surface area (Å²) in [7, 11) is 0. The van der Waals surface area contributed by atoms with Gasteiger partial charge in [-0.1, -0.05) is 39.0 Å². The third-order valence-electron chi connectivity index (χ3n) is 6.23. The summed E-state index contributed by atoms with van der Waals surface area (Å²) in [5.74, 6) is -0.795. The number of para-hydroxylation sites is 1. The van der Waals surface area contributed by atoms with Crippen molar-refractivity contribution in [1.29, 1.82) is 0 Å². The SMILES string of the molecule is CCCNC(=O)[C@H](C(C)C)N1C(=O)N2CCc3c([nH]c4ccccc34)[C@@]2(C)C1=O. The van der Waals surface area contributed by atoms with Gasteiger partial charge in [-0.15, -0.1) is 0 Å². The summed E-state index contributed by atoms with van der Waals surface area (Å²) in [6.45, 7) is 8.46. The summed E-state index contributed by atoms with van der Waals surface area (Å²) in [5.41, 5.74) is 1.68. The molecule has 1 aromatic carbocycles. The van der Waals surface area contributed by atoms with Gasteiger partial charge in [-0.05, 0) is 37.3 Å². The van der Waals surface area contributed by atoms with Crippen LogP contribution in [0.3, 0.4) is 0 Å². The average molecular weight is 396 g/mol. The zero-order chi connectivity index (χ0) is 20.9. The van der Waals surface area contributed by atoms with E-state index in [0.717, 1.165) is 28.6 Å². The van der Waals surface area contributed by atoms with Gasteiger partial charge in [0.15, 0.2) is 5.54 Å². The smallest absolute Gasteiger partial charge is 0.328 e. The maximum Gasteiger partial charge on any atom is 0.328 e. The molecule has 3 heterocycles. The fourth-order valence-corrected chi connectivity index (χ4v) is 4.73. The monoisotopic (exact) mass is 396 g/mol. The van der Waals surface area contributed by atoms with Gasteiger partial charge in [0.05, 0.1) is 5.69 Å². The normalized spacial score (nSPS) is 22.2. The number of aromatic nitrogens is 1. The van der Waals surface area contributed by atoms with Crippen LogP contribution in [0.1, 0.15) is 45.4 Å². The molecule has 154 valence electrons. The minimum absolute atomic E-state index is 0.188. The van der Waals surface area contributed by atoms with Crippen LogP contribution in [0.15, 0.2) is 24.3 Å². The van der Waals surface area contributed by atoms with Crippen LogP contribution in [0.5, 0.6) is 0 Å². The van der Waals surface area contributed by atoms with Crippen LogP contribution in [-0.2, 0) is 21.5 Å². The molecule has 4 rings (SSSR count). The Morgan fingerprint density at radius 3 is 2.69 bits per heavy atom. The molecule has 7 nitrogen and oxygen atoms in total. The molecule has 2 aliphatic heterocycles. The van der Waals surface area contributed by atoms with E-state index < -0.39 is 11.6 Å². The topological polar surface area (TPSA) is 85.5 Å². The Bertz CT molecular complexity index is 995. The van der Waals surface area contributed by atoms with E-state index in [-0.39, 0.29) is 23.8 Å². The van der Waals surface area contributed by atoms with Crippen LogP contribution in [0.4, 0.5) is 4.79 Å². The summed E-state index contributed by atoms with van der Waals surface area (Å²) >= 11 is 0. The van der Waals surface area contributed by atoms with Crippen molar-refractivity contribution in [3.63, 3.8) is 0 Å². The highest BCUT2D eigenvalue weighted by molar-refractivity contribution is 6.11. The summed E-state index contributed by atoms with van der Waals surface area (Å²) in [4.78, 5) is 46.1. The van der Waals surface area contributed by atoms with Gasteiger partial charge in [-0.3, -0.25) is 9.59 Å². The van der Waals surface area contributed by atoms with Crippen molar-refractivity contribution < 1.29 is 14.4 Å². The molecule has 1 saturated heterocycles. The van der Waals surface area contributed by atoms with Gasteiger partial charge in [0.25, 0.3) is 5.91 Å². The van der Waals surface area contributed by atoms with E-state index in [4.69, 9.17) is 0 Å². The number of hydrogen-bond acceptors (Lipinski definition) is 3. The molecule has 4 amide bonds. The van der Waals surface area contributed by atoms with Gasteiger partial charge >= 0.3 is 6.03 Å². The number of aromatic amines is 1. The molecule has 0 saturated carbocycles. The zero-order valence-electron chi connectivity index (χ0n) is 17.4. The highest BCUT2D eigenvalue weighted by atomic mass is 16.2. The van der Waals surface area contributed by atoms with Gasteiger partial charge in [-0.2, -0.15) is 0 Å². The van der Waals surface area contributed by atoms with Crippen molar-refractivity contribution in [3.05, 3.63) is 35.5 Å². The van der Waals surface area contributed by atoms with Crippen LogP contribution in [0.2, 0.25) is 0 Å². The number of nitrogens with zero attached hydrogens (tertiary/aromatic N) is 2. The second kappa shape index (κ2) is 6.90. The number of amides is 4. The number of imide groups is 1. The van der Waals surface area contributed by atoms with Crippen LogP contribution < -0.4 is 5.32 Å². The first-order valence-corrected chi connectivity index (χ1v) is 10.3. The number of urea groups is 1. The maximum atomic E-state index is 13.7. The van der Waals surface area contributed by atoms with Crippen molar-refractivity contribution in [2.24, 2.45) is 5.92 Å². The van der Waals surface area contributed by atoms with E-state index in [1.807, 2.05) is 45.0 Å². The van der Waals surface area contributed by atoms with Gasteiger partial charge in [0.2, 0.25) is 5.91 Å². The highest BCUT2D eigenvalue weighted by Crippen LogP contribution is 2.45. The summed E-state index contributed by atoms with van der Waals surface area (Å²) in [6, 6.07) is 6.74. The number of fused-ring (bicyclic) bond motifs is 5. The van der Waals surface area contributed by atoms with Crippen LogP contribution in [0.25, 0.3) is 10.9 Å². The fourth-order valence-electron chi connectivity index (χ4n) is 4.73. The summed E-state index contributed by atoms with van der Waals surface area (Å²) < 4.78 is 0. The molecule has 0 bridgehead atoms. The van der Waals surface area contributed by atoms with Gasteiger partial charge in [-0.25, -0.2) is 9.69 Å². The predicted octanol–water partition coefficient (Wildman–Crippen LogP) is 2.75. The number of carbonyl (C=O) groups excluding carboxylic acids is 3. The number of rotatable bonds is 5. The lowest BCUT2D eigenvalue weighted by Crippen LogP contribution is -2.53. The van der Waals surface area contributed by atoms with Crippen molar-refractivity contribution in [2.45, 2.75) is 52.1 Å². The number of H-pyrrole nitrogens is 1. The third kappa shape index (κ3) is 2.67. The molecule has 0 spiro atoms. The van der Waals surface area contributed by atoms with Gasteiger partial charge in [0, 0.05) is 24.0 Å². The number of hydrogen-bond donors (Lipinski definition) is 2. The Hall–Kier alpha value is -2.83. The zero-order valence-corrected chi connectivity index (χ0v) is 17.4. The maximum absolute atomic E-state index is 13.7. The standard InChI is InChI=1S/C22H28N4O3/c1-5-11-23-19(27)17(13(2)3)26-20(28)22(4)18-15(10-12-25(22)21(26)29)14-8-6-7-9-16(14)24-18/h6-9,13,17,24H,5,10-12H2,1-4H3,(H,23,27)/t17-,22-/m0/s1. The van der Waals surface area contributed by atoms with Crippen LogP contribution in [0, 0.1) is 5.92 Å². The lowest BCUT2D eigenvalue weighted by Gasteiger charge is -2.36. The van der Waals surface area contributed by atoms with E-state index >= 15 is 0 Å². The van der Waals surface area contributed by atoms with Crippen molar-refractivity contribution in [3.8, 4) is 0 Å². The fraction of sp³-hybridized carbons (Fsp3) is 0.500. The number of nitrogens with one attached hydrogen (secondary N) is 2. The van der Waals surface area contributed by atoms with E-state index in [9.17, 15) is 14.4 Å². The molecule has 1 aromatic heterocycles. The molecule has 2 aliphatic rings. The quantitative estimate of drug-likeness (QED) is 0.762. The molecule has 0 unspecified atom stereocenters. The van der Waals surface area contributed by atoms with Crippen molar-refractivity contribution >= 4 is 28.7 Å². The molecule has 7 heteroatoms. The Morgan fingerprint density at radius 2 is 2.00 bits per heavy atom. The number of carbonyl (C=O) groups is 3. The molecule has 2 atom stereocenters. The van der Waals surface area contributed by atoms with Gasteiger partial charge < -0.3 is 15.2 Å². The first-order chi connectivity index (χ1) is 13.8. The first kappa shape index (κ1) is 19.5. The number of benzene rings is 1. The Balaban J connectivity index is 1.79. The third-order valence-corrected chi connectivity index (χ3v) is 6.23. The minimum Gasteiger partial charge on any atom is -0.356 e. The molecule has 2 N–H and O–H groups in total. The highest BCUT2D eigenvalue weighted by Gasteiger charge is 2.61. The van der Waals surface area contributed by atoms with Crippen molar-refractivity contribution in [1.82, 2.24) is 20.1 Å². The molecular formula is C22H28N4O3. The molecule has 29 heavy (non-hydrogen) atoms. The Labute approximate surface area is 170 Å². The van der Waals surface area contributed by atoms with E-state index in [2.05, 4.69) is 10.3 Å². The van der Waals surface area contributed by atoms with E-state index in [1.54, 1.807) is 11.8 Å². The average Bonchev–Trinajstić information content (AvgIpc) is 3.16. The predicted molar refractivity (Wildman–Crippen MR) is 110 cm³/mol. The second-order valence-electron chi connectivity index (χ2n) is 8.44. The van der Waals surface area contributed by atoms with E-state index in [1.165, 1.54) is 4.90 Å². The Morgan fingerprint density at radius 1 is 1.28 bits per heavy atom. The van der Waals surface area contributed by atoms with Gasteiger partial charge in [0.1, 0.15) is 6.04 Å². The second-order valence-corrected chi connectivity index (χ2v) is 8.44. The summed E-state index contributed by atoms with van der Waals surface area (Å²) in [5, 5.41) is 3.94. The molecule has 0 aliphatic carbocycles. The lowest BCUT2D eigenvalue weighted by molar-refractivity contribution is -0.140. The molecular weight excluding hydrogens is 368 g/mol. The van der Waals surface area contributed by atoms with Crippen LogP contribution >= 0.6 is 0 Å². The summed E-state index contributed by atoms with van der Waals surface area (Å²) in [6.07, 6.45) is 1.47. The molecule has 0 radical (unpaired) electrons. The molecule has 1 fully saturated rings. The molecule has 2 aromatic rings. The minimum atomic E-state index is -1.12. The first-order valence-electron chi connectivity index (χ1n) is 10.3. The van der Waals surface area contributed by atoms with Crippen LogP contribution in [-0.4, -0.2) is 51.8 Å². The Kier molecular flexibility index (Phi) is 4.63. The van der Waals surface area contributed by atoms with Crippen molar-refractivity contribution in [2.75, 3.05) is 13.1 Å². The largest absolute Gasteiger partial charge is 0.356 e. The van der Waals surface area contributed by atoms with E-state index in [0.29, 0.717) is 19.5 Å².